The van der Waals surface area contributed by atoms with E-state index in [1.165, 1.54) is 0 Å². The SMILES string of the molecule is CC[C@@H](Oc1cccc(C)c1C)C(=O)N[C@H](C)c1ccccc1. The van der Waals surface area contributed by atoms with Gasteiger partial charge in [0.2, 0.25) is 0 Å². The molecule has 0 fully saturated rings. The number of hydrogen-bond donors (Lipinski definition) is 1. The predicted octanol–water partition coefficient (Wildman–Crippen LogP) is 4.34. The van der Waals surface area contributed by atoms with Crippen LogP contribution in [0.25, 0.3) is 0 Å². The van der Waals surface area contributed by atoms with Crippen LogP contribution in [0.2, 0.25) is 0 Å². The molecule has 2 aromatic rings. The van der Waals surface area contributed by atoms with Crippen molar-refractivity contribution in [2.45, 2.75) is 46.3 Å². The predicted molar refractivity (Wildman–Crippen MR) is 93.6 cm³/mol. The van der Waals surface area contributed by atoms with E-state index >= 15 is 0 Å². The fourth-order valence-corrected chi connectivity index (χ4v) is 2.46. The second kappa shape index (κ2) is 7.82. The topological polar surface area (TPSA) is 38.3 Å². The molecule has 2 rings (SSSR count). The van der Waals surface area contributed by atoms with Gasteiger partial charge in [-0.2, -0.15) is 0 Å². The van der Waals surface area contributed by atoms with E-state index in [-0.39, 0.29) is 11.9 Å². The third-order valence-corrected chi connectivity index (χ3v) is 4.15. The lowest BCUT2D eigenvalue weighted by Gasteiger charge is -2.22. The highest BCUT2D eigenvalue weighted by Crippen LogP contribution is 2.23. The quantitative estimate of drug-likeness (QED) is 0.862. The molecule has 1 N–H and O–H groups in total. The number of hydrogen-bond acceptors (Lipinski definition) is 2. The molecule has 0 unspecified atom stereocenters. The van der Waals surface area contributed by atoms with Gasteiger partial charge < -0.3 is 10.1 Å². The third-order valence-electron chi connectivity index (χ3n) is 4.15. The normalized spacial score (nSPS) is 13.2. The van der Waals surface area contributed by atoms with Gasteiger partial charge in [-0.3, -0.25) is 4.79 Å². The Kier molecular flexibility index (Phi) is 5.80. The number of carbonyl (C=O) groups excluding carboxylic acids is 1. The van der Waals surface area contributed by atoms with Gasteiger partial charge in [-0.25, -0.2) is 0 Å². The lowest BCUT2D eigenvalue weighted by molar-refractivity contribution is -0.128. The Bertz CT molecular complexity index is 652. The van der Waals surface area contributed by atoms with E-state index in [2.05, 4.69) is 5.32 Å². The molecule has 122 valence electrons. The van der Waals surface area contributed by atoms with Crippen LogP contribution < -0.4 is 10.1 Å². The van der Waals surface area contributed by atoms with Crippen LogP contribution in [0.3, 0.4) is 0 Å². The molecule has 3 heteroatoms. The van der Waals surface area contributed by atoms with Gasteiger partial charge in [0.05, 0.1) is 6.04 Å². The van der Waals surface area contributed by atoms with Gasteiger partial charge in [-0.1, -0.05) is 49.4 Å². The number of nitrogens with one attached hydrogen (secondary N) is 1. The number of carbonyl (C=O) groups is 1. The molecular weight excluding hydrogens is 286 g/mol. The van der Waals surface area contributed by atoms with Gasteiger partial charge in [0.1, 0.15) is 5.75 Å². The minimum absolute atomic E-state index is 0.0417. The summed E-state index contributed by atoms with van der Waals surface area (Å²) in [5.74, 6) is 0.698. The standard InChI is InChI=1S/C20H25NO2/c1-5-18(23-19-13-9-10-14(2)15(19)3)20(22)21-16(4)17-11-7-6-8-12-17/h6-13,16,18H,5H2,1-4H3,(H,21,22)/t16-,18-/m1/s1. The summed E-state index contributed by atoms with van der Waals surface area (Å²) in [6.45, 7) is 8.00. The van der Waals surface area contributed by atoms with Gasteiger partial charge in [-0.15, -0.1) is 0 Å². The Hall–Kier alpha value is -2.29. The molecule has 0 heterocycles. The van der Waals surface area contributed by atoms with E-state index in [4.69, 9.17) is 4.74 Å². The summed E-state index contributed by atoms with van der Waals surface area (Å²) in [5.41, 5.74) is 3.33. The van der Waals surface area contributed by atoms with Crippen LogP contribution in [-0.4, -0.2) is 12.0 Å². The molecule has 0 saturated carbocycles. The van der Waals surface area contributed by atoms with Crippen molar-refractivity contribution in [3.8, 4) is 5.75 Å². The lowest BCUT2D eigenvalue weighted by Crippen LogP contribution is -2.39. The smallest absolute Gasteiger partial charge is 0.261 e. The number of aryl methyl sites for hydroxylation is 1. The summed E-state index contributed by atoms with van der Waals surface area (Å²) in [6, 6.07) is 15.8. The molecule has 0 aliphatic heterocycles. The van der Waals surface area contributed by atoms with E-state index < -0.39 is 6.10 Å². The highest BCUT2D eigenvalue weighted by molar-refractivity contribution is 5.81. The summed E-state index contributed by atoms with van der Waals surface area (Å²) in [7, 11) is 0. The Morgan fingerprint density at radius 1 is 1.09 bits per heavy atom. The summed E-state index contributed by atoms with van der Waals surface area (Å²) in [4.78, 5) is 12.5. The maximum absolute atomic E-state index is 12.5. The van der Waals surface area contributed by atoms with Crippen LogP contribution in [0.15, 0.2) is 48.5 Å². The van der Waals surface area contributed by atoms with Crippen molar-refractivity contribution in [3.05, 3.63) is 65.2 Å². The lowest BCUT2D eigenvalue weighted by atomic mass is 10.1. The number of benzene rings is 2. The minimum Gasteiger partial charge on any atom is -0.480 e. The van der Waals surface area contributed by atoms with Gasteiger partial charge in [0.25, 0.3) is 5.91 Å². The molecule has 0 saturated heterocycles. The van der Waals surface area contributed by atoms with Crippen molar-refractivity contribution < 1.29 is 9.53 Å². The van der Waals surface area contributed by atoms with E-state index in [0.717, 1.165) is 22.4 Å². The zero-order chi connectivity index (χ0) is 16.8. The number of ether oxygens (including phenoxy) is 1. The Morgan fingerprint density at radius 3 is 2.43 bits per heavy atom. The van der Waals surface area contributed by atoms with Crippen LogP contribution >= 0.6 is 0 Å². The van der Waals surface area contributed by atoms with Crippen molar-refractivity contribution in [2.75, 3.05) is 0 Å². The average molecular weight is 311 g/mol. The van der Waals surface area contributed by atoms with Crippen molar-refractivity contribution in [1.82, 2.24) is 5.32 Å². The van der Waals surface area contributed by atoms with Gasteiger partial charge >= 0.3 is 0 Å². The first-order valence-electron chi connectivity index (χ1n) is 8.11. The second-order valence-electron chi connectivity index (χ2n) is 5.85. The summed E-state index contributed by atoms with van der Waals surface area (Å²) in [6.07, 6.45) is 0.141. The van der Waals surface area contributed by atoms with Crippen LogP contribution in [0, 0.1) is 13.8 Å². The summed E-state index contributed by atoms with van der Waals surface area (Å²) >= 11 is 0. The molecule has 2 atom stereocenters. The van der Waals surface area contributed by atoms with Crippen LogP contribution in [0.4, 0.5) is 0 Å². The summed E-state index contributed by atoms with van der Waals surface area (Å²) < 4.78 is 5.96. The van der Waals surface area contributed by atoms with Gasteiger partial charge in [0.15, 0.2) is 6.10 Å². The Balaban J connectivity index is 2.05. The molecule has 0 aliphatic carbocycles. The fraction of sp³-hybridized carbons (Fsp3) is 0.350. The zero-order valence-corrected chi connectivity index (χ0v) is 14.3. The van der Waals surface area contributed by atoms with E-state index in [1.807, 2.05) is 76.2 Å². The van der Waals surface area contributed by atoms with Crippen LogP contribution in [0.1, 0.15) is 43.0 Å². The zero-order valence-electron chi connectivity index (χ0n) is 14.3. The first kappa shape index (κ1) is 17.1. The van der Waals surface area contributed by atoms with Crippen molar-refractivity contribution in [3.63, 3.8) is 0 Å². The number of rotatable bonds is 6. The molecule has 3 nitrogen and oxygen atoms in total. The van der Waals surface area contributed by atoms with E-state index in [0.29, 0.717) is 6.42 Å². The monoisotopic (exact) mass is 311 g/mol. The maximum Gasteiger partial charge on any atom is 0.261 e. The minimum atomic E-state index is -0.485. The molecule has 0 aromatic heterocycles. The molecule has 1 amide bonds. The molecular formula is C20H25NO2. The van der Waals surface area contributed by atoms with Crippen molar-refractivity contribution in [2.24, 2.45) is 0 Å². The highest BCUT2D eigenvalue weighted by Gasteiger charge is 2.21. The van der Waals surface area contributed by atoms with Crippen LogP contribution in [0.5, 0.6) is 5.75 Å². The first-order chi connectivity index (χ1) is 11.0. The largest absolute Gasteiger partial charge is 0.480 e. The average Bonchev–Trinajstić information content (AvgIpc) is 2.56. The maximum atomic E-state index is 12.5. The third kappa shape index (κ3) is 4.35. The first-order valence-corrected chi connectivity index (χ1v) is 8.11. The number of amides is 1. The molecule has 23 heavy (non-hydrogen) atoms. The van der Waals surface area contributed by atoms with E-state index in [1.54, 1.807) is 0 Å². The molecule has 0 radical (unpaired) electrons. The molecule has 0 bridgehead atoms. The summed E-state index contributed by atoms with van der Waals surface area (Å²) in [5, 5.41) is 3.04. The molecule has 0 spiro atoms. The Labute approximate surface area is 138 Å². The Morgan fingerprint density at radius 2 is 1.78 bits per heavy atom. The second-order valence-corrected chi connectivity index (χ2v) is 5.85. The molecule has 2 aromatic carbocycles. The van der Waals surface area contributed by atoms with E-state index in [9.17, 15) is 4.79 Å². The molecule has 0 aliphatic rings. The van der Waals surface area contributed by atoms with Gasteiger partial charge in [0, 0.05) is 0 Å². The van der Waals surface area contributed by atoms with Crippen molar-refractivity contribution in [1.29, 1.82) is 0 Å². The van der Waals surface area contributed by atoms with Crippen LogP contribution in [-0.2, 0) is 4.79 Å². The fourth-order valence-electron chi connectivity index (χ4n) is 2.46. The van der Waals surface area contributed by atoms with Gasteiger partial charge in [-0.05, 0) is 49.9 Å². The highest BCUT2D eigenvalue weighted by atomic mass is 16.5. The van der Waals surface area contributed by atoms with Crippen molar-refractivity contribution >= 4 is 5.91 Å².